The highest BCUT2D eigenvalue weighted by molar-refractivity contribution is 5.86. The van der Waals surface area contributed by atoms with Crippen molar-refractivity contribution in [2.75, 3.05) is 43.1 Å². The summed E-state index contributed by atoms with van der Waals surface area (Å²) in [5, 5.41) is 18.0. The zero-order valence-corrected chi connectivity index (χ0v) is 27.0. The van der Waals surface area contributed by atoms with Crippen LogP contribution in [0.5, 0.6) is 0 Å². The van der Waals surface area contributed by atoms with Gasteiger partial charge in [-0.2, -0.15) is 13.2 Å². The maximum absolute atomic E-state index is 14.8. The van der Waals surface area contributed by atoms with Gasteiger partial charge in [0.2, 0.25) is 5.95 Å². The molecule has 2 aliphatic rings. The summed E-state index contributed by atoms with van der Waals surface area (Å²) in [5.74, 6) is 0.275. The second-order valence-corrected chi connectivity index (χ2v) is 13.0. The smallest absolute Gasteiger partial charge is 0.449 e. The van der Waals surface area contributed by atoms with Crippen LogP contribution in [0.2, 0.25) is 0 Å². The van der Waals surface area contributed by atoms with Gasteiger partial charge in [-0.25, -0.2) is 34.5 Å². The van der Waals surface area contributed by atoms with Crippen LogP contribution in [0.4, 0.5) is 34.5 Å². The molecule has 2 fully saturated rings. The Morgan fingerprint density at radius 3 is 2.09 bits per heavy atom. The van der Waals surface area contributed by atoms with Gasteiger partial charge in [-0.1, -0.05) is 20.8 Å². The summed E-state index contributed by atoms with van der Waals surface area (Å²) in [7, 11) is 0. The molecule has 0 radical (unpaired) electrons. The maximum atomic E-state index is 14.8. The van der Waals surface area contributed by atoms with Crippen molar-refractivity contribution in [3.8, 4) is 11.4 Å². The molecule has 3 N–H and O–H groups in total. The molecule has 0 aliphatic carbocycles. The summed E-state index contributed by atoms with van der Waals surface area (Å²) in [4.78, 5) is 43.1. The second-order valence-electron chi connectivity index (χ2n) is 13.0. The lowest BCUT2D eigenvalue weighted by molar-refractivity contribution is -0.140. The van der Waals surface area contributed by atoms with Crippen molar-refractivity contribution in [3.05, 3.63) is 17.7 Å². The highest BCUT2D eigenvalue weighted by atomic mass is 19.4. The quantitative estimate of drug-likeness (QED) is 0.227. The summed E-state index contributed by atoms with van der Waals surface area (Å²) in [5.41, 5.74) is -1.50. The number of fused-ring (bicyclic) bond motifs is 1. The van der Waals surface area contributed by atoms with E-state index in [9.17, 15) is 22.8 Å². The van der Waals surface area contributed by atoms with E-state index in [1.807, 2.05) is 51.0 Å². The second kappa shape index (κ2) is 13.8. The molecule has 1 unspecified atom stereocenters. The molecule has 15 nitrogen and oxygen atoms in total. The van der Waals surface area contributed by atoms with E-state index >= 15 is 0 Å². The minimum Gasteiger partial charge on any atom is -0.449 e. The average Bonchev–Trinajstić information content (AvgIpc) is 3.39. The van der Waals surface area contributed by atoms with Crippen LogP contribution >= 0.6 is 0 Å². The summed E-state index contributed by atoms with van der Waals surface area (Å²) in [6.07, 6.45) is -4.38. The lowest BCUT2D eigenvalue weighted by Gasteiger charge is -2.30. The first kappa shape index (κ1) is 35.5. The number of carbonyl (C=O) groups is 2. The van der Waals surface area contributed by atoms with Gasteiger partial charge in [0.1, 0.15) is 6.23 Å². The van der Waals surface area contributed by atoms with Crippen molar-refractivity contribution >= 4 is 35.2 Å². The van der Waals surface area contributed by atoms with Gasteiger partial charge in [0.25, 0.3) is 0 Å². The van der Waals surface area contributed by atoms with Crippen molar-refractivity contribution in [3.63, 3.8) is 0 Å². The van der Waals surface area contributed by atoms with E-state index in [1.165, 1.54) is 0 Å². The fourth-order valence-corrected chi connectivity index (χ4v) is 5.05. The number of hydrogen-bond donors (Lipinski definition) is 3. The van der Waals surface area contributed by atoms with Crippen molar-refractivity contribution in [1.82, 2.24) is 29.5 Å². The van der Waals surface area contributed by atoms with Crippen molar-refractivity contribution in [2.24, 2.45) is 0 Å². The molecule has 5 heterocycles. The topological polar surface area (TPSA) is 187 Å². The Morgan fingerprint density at radius 1 is 0.936 bits per heavy atom. The van der Waals surface area contributed by atoms with E-state index in [4.69, 9.17) is 29.7 Å². The molecule has 3 aromatic heterocycles. The average molecular weight is 669 g/mol. The minimum absolute atomic E-state index is 0.0916. The number of halogens is 3. The van der Waals surface area contributed by atoms with Crippen LogP contribution in [0, 0.1) is 0 Å². The third-order valence-corrected chi connectivity index (χ3v) is 6.95. The fourth-order valence-electron chi connectivity index (χ4n) is 5.05. The maximum Gasteiger partial charge on any atom is 0.516 e. The number of ether oxygens (including phenoxy) is 3. The summed E-state index contributed by atoms with van der Waals surface area (Å²) in [6, 6.07) is 0. The SMILES string of the molecule is CC(C)(C)Nc1nc(C(C)(C)C)c(-c2nc(N3CCOCC3)c3ncn(C4CCCCO4)c3n2)c(C(F)(F)F)n1.O=C(O)OC(=O)O. The van der Waals surface area contributed by atoms with Gasteiger partial charge >= 0.3 is 18.5 Å². The first-order valence-corrected chi connectivity index (χ1v) is 15.0. The zero-order valence-electron chi connectivity index (χ0n) is 27.0. The lowest BCUT2D eigenvalue weighted by Crippen LogP contribution is -2.37. The number of alkyl halides is 3. The molecule has 47 heavy (non-hydrogen) atoms. The minimum atomic E-state index is -4.78. The first-order valence-electron chi connectivity index (χ1n) is 15.0. The molecule has 0 spiro atoms. The molecule has 3 aromatic rings. The molecule has 1 atom stereocenters. The molecule has 258 valence electrons. The molecule has 2 aliphatic heterocycles. The van der Waals surface area contributed by atoms with Crippen molar-refractivity contribution in [2.45, 2.75) is 84.2 Å². The Morgan fingerprint density at radius 2 is 1.57 bits per heavy atom. The van der Waals surface area contributed by atoms with Crippen LogP contribution in [-0.4, -0.2) is 90.5 Å². The summed E-state index contributed by atoms with van der Waals surface area (Å²) >= 11 is 0. The molecule has 0 saturated carbocycles. The third-order valence-electron chi connectivity index (χ3n) is 6.95. The van der Waals surface area contributed by atoms with Crippen LogP contribution in [-0.2, 0) is 25.8 Å². The summed E-state index contributed by atoms with van der Waals surface area (Å²) < 4.78 is 60.7. The van der Waals surface area contributed by atoms with Crippen LogP contribution in [0.25, 0.3) is 22.6 Å². The number of hydrogen-bond acceptors (Lipinski definition) is 12. The molecule has 5 rings (SSSR count). The molecule has 0 amide bonds. The lowest BCUT2D eigenvalue weighted by atomic mass is 9.87. The third kappa shape index (κ3) is 8.94. The highest BCUT2D eigenvalue weighted by Gasteiger charge is 2.42. The van der Waals surface area contributed by atoms with Crippen LogP contribution < -0.4 is 10.2 Å². The molecular weight excluding hydrogens is 629 g/mol. The van der Waals surface area contributed by atoms with E-state index in [-0.39, 0.29) is 29.3 Å². The number of imidazole rings is 1. The van der Waals surface area contributed by atoms with Gasteiger partial charge < -0.3 is 34.6 Å². The van der Waals surface area contributed by atoms with E-state index in [0.29, 0.717) is 49.9 Å². The van der Waals surface area contributed by atoms with Gasteiger partial charge in [-0.05, 0) is 40.0 Å². The number of aromatic nitrogens is 6. The number of rotatable bonds is 4. The largest absolute Gasteiger partial charge is 0.516 e. The van der Waals surface area contributed by atoms with E-state index in [0.717, 1.165) is 19.3 Å². The van der Waals surface area contributed by atoms with Gasteiger partial charge in [-0.15, -0.1) is 0 Å². The Hall–Kier alpha value is -4.32. The summed E-state index contributed by atoms with van der Waals surface area (Å²) in [6.45, 7) is 13.6. The van der Waals surface area contributed by atoms with Gasteiger partial charge in [0, 0.05) is 30.7 Å². The van der Waals surface area contributed by atoms with Crippen LogP contribution in [0.1, 0.15) is 78.4 Å². The van der Waals surface area contributed by atoms with Gasteiger partial charge in [0.15, 0.2) is 28.5 Å². The Kier molecular flexibility index (Phi) is 10.4. The van der Waals surface area contributed by atoms with Crippen molar-refractivity contribution in [1.29, 1.82) is 0 Å². The Balaban J connectivity index is 0.000000644. The van der Waals surface area contributed by atoms with Gasteiger partial charge in [-0.3, -0.25) is 4.57 Å². The Labute approximate surface area is 268 Å². The predicted molar refractivity (Wildman–Crippen MR) is 162 cm³/mol. The standard InChI is InChI=1S/C27H37F3N8O2.C2H2O5/c1-25(2,3)19-17(20(27(28,29)30)33-24(32-19)36-26(4,5)6)21-34-22(37-10-13-39-14-11-37)18-23(35-21)38(15-31-18)16-9-7-8-12-40-16;3-1(4)7-2(5)6/h15-16H,7-14H2,1-6H3,(H,32,33,36);(H,3,4)(H,5,6). The normalized spacial score (nSPS) is 17.6. The highest BCUT2D eigenvalue weighted by Crippen LogP contribution is 2.42. The van der Waals surface area contributed by atoms with Crippen LogP contribution in [0.3, 0.4) is 0 Å². The fraction of sp³-hybridized carbons (Fsp3) is 0.621. The van der Waals surface area contributed by atoms with Gasteiger partial charge in [0.05, 0.1) is 30.8 Å². The van der Waals surface area contributed by atoms with Crippen molar-refractivity contribution < 1.29 is 47.2 Å². The number of nitrogens with zero attached hydrogens (tertiary/aromatic N) is 7. The number of anilines is 2. The van der Waals surface area contributed by atoms with E-state index in [1.54, 1.807) is 6.33 Å². The Bertz CT molecular complexity index is 1540. The predicted octanol–water partition coefficient (Wildman–Crippen LogP) is 5.70. The zero-order chi connectivity index (χ0) is 34.7. The molecular formula is C29H39F3N8O7. The monoisotopic (exact) mass is 668 g/mol. The van der Waals surface area contributed by atoms with Crippen LogP contribution in [0.15, 0.2) is 6.33 Å². The van der Waals surface area contributed by atoms with E-state index < -0.39 is 35.1 Å². The molecule has 0 aromatic carbocycles. The molecule has 2 saturated heterocycles. The number of nitrogens with one attached hydrogen (secondary N) is 1. The van der Waals surface area contributed by atoms with E-state index in [2.05, 4.69) is 25.0 Å². The first-order chi connectivity index (χ1) is 21.8. The number of morpholine rings is 1. The molecule has 0 bridgehead atoms. The molecule has 18 heteroatoms. The number of carboxylic acid groups (broad SMARTS) is 2.